The maximum atomic E-state index is 14.2. The minimum absolute atomic E-state index is 0.0521. The van der Waals surface area contributed by atoms with Gasteiger partial charge in [0.2, 0.25) is 0 Å². The van der Waals surface area contributed by atoms with E-state index < -0.39 is 5.91 Å². The zero-order chi connectivity index (χ0) is 20.3. The fraction of sp³-hybridized carbons (Fsp3) is 0.0909. The zero-order valence-corrected chi connectivity index (χ0v) is 16.1. The Morgan fingerprint density at radius 3 is 2.50 bits per heavy atom. The van der Waals surface area contributed by atoms with Gasteiger partial charge in [-0.05, 0) is 68.0 Å². The molecule has 0 spiro atoms. The van der Waals surface area contributed by atoms with Crippen LogP contribution >= 0.6 is 11.6 Å². The summed E-state index contributed by atoms with van der Waals surface area (Å²) in [6.45, 7) is 3.66. The van der Waals surface area contributed by atoms with Crippen molar-refractivity contribution in [1.29, 1.82) is 5.26 Å². The topological polar surface area (TPSA) is 57.8 Å². The molecule has 2 aromatic carbocycles. The maximum absolute atomic E-state index is 14.2. The normalized spacial score (nSPS) is 11.2. The third-order valence-corrected chi connectivity index (χ3v) is 4.58. The number of hydrogen-bond donors (Lipinski definition) is 1. The average Bonchev–Trinajstić information content (AvgIpc) is 2.95. The summed E-state index contributed by atoms with van der Waals surface area (Å²) in [6.07, 6.45) is 1.50. The summed E-state index contributed by atoms with van der Waals surface area (Å²) in [5.41, 5.74) is 3.10. The monoisotopic (exact) mass is 393 g/mol. The molecule has 0 aliphatic carbocycles. The summed E-state index contributed by atoms with van der Waals surface area (Å²) in [7, 11) is 0. The van der Waals surface area contributed by atoms with Gasteiger partial charge < -0.3 is 9.88 Å². The van der Waals surface area contributed by atoms with Gasteiger partial charge in [-0.15, -0.1) is 0 Å². The predicted octanol–water partition coefficient (Wildman–Crippen LogP) is 5.43. The number of para-hydroxylation sites is 1. The molecule has 1 aromatic heterocycles. The lowest BCUT2D eigenvalue weighted by atomic mass is 10.1. The summed E-state index contributed by atoms with van der Waals surface area (Å²) >= 11 is 5.84. The molecule has 0 aliphatic rings. The van der Waals surface area contributed by atoms with Gasteiger partial charge in [0.05, 0.1) is 5.69 Å². The second-order valence-electron chi connectivity index (χ2n) is 6.24. The van der Waals surface area contributed by atoms with Gasteiger partial charge in [0.25, 0.3) is 5.91 Å². The zero-order valence-electron chi connectivity index (χ0n) is 15.3. The van der Waals surface area contributed by atoms with E-state index in [0.29, 0.717) is 22.0 Å². The van der Waals surface area contributed by atoms with E-state index in [4.69, 9.17) is 11.6 Å². The third-order valence-electron chi connectivity index (χ3n) is 4.33. The van der Waals surface area contributed by atoms with E-state index in [1.54, 1.807) is 47.0 Å². The number of carbonyl (C=O) groups is 1. The molecule has 28 heavy (non-hydrogen) atoms. The second kappa shape index (κ2) is 8.12. The molecule has 0 aliphatic heterocycles. The molecule has 0 bridgehead atoms. The summed E-state index contributed by atoms with van der Waals surface area (Å²) < 4.78 is 16.0. The molecule has 3 aromatic rings. The first-order chi connectivity index (χ1) is 13.4. The first kappa shape index (κ1) is 19.4. The van der Waals surface area contributed by atoms with Crippen LogP contribution in [0.15, 0.2) is 60.2 Å². The Balaban J connectivity index is 1.94. The van der Waals surface area contributed by atoms with Crippen LogP contribution in [-0.2, 0) is 4.79 Å². The lowest BCUT2D eigenvalue weighted by Gasteiger charge is -2.10. The number of amides is 1. The number of rotatable bonds is 4. The van der Waals surface area contributed by atoms with Crippen molar-refractivity contribution in [1.82, 2.24) is 4.57 Å². The Hall–Kier alpha value is -3.36. The molecule has 0 saturated carbocycles. The molecule has 1 amide bonds. The lowest BCUT2D eigenvalue weighted by molar-refractivity contribution is -0.112. The van der Waals surface area contributed by atoms with Crippen LogP contribution in [0.25, 0.3) is 11.8 Å². The first-order valence-corrected chi connectivity index (χ1v) is 8.91. The quantitative estimate of drug-likeness (QED) is 0.474. The molecule has 1 heterocycles. The van der Waals surface area contributed by atoms with Gasteiger partial charge in [0.15, 0.2) is 0 Å². The fourth-order valence-electron chi connectivity index (χ4n) is 2.97. The van der Waals surface area contributed by atoms with Gasteiger partial charge >= 0.3 is 0 Å². The summed E-state index contributed by atoms with van der Waals surface area (Å²) in [4.78, 5) is 12.5. The van der Waals surface area contributed by atoms with Crippen LogP contribution < -0.4 is 5.32 Å². The number of aryl methyl sites for hydroxylation is 1. The standard InChI is InChI=1S/C22H17ClFN3O/c1-14-11-16(15(2)27(14)21-6-4-3-5-20(21)24)12-17(13-25)22(28)26-19-9-7-18(23)8-10-19/h3-12H,1-2H3,(H,26,28)/b17-12-. The second-order valence-corrected chi connectivity index (χ2v) is 6.68. The molecule has 4 nitrogen and oxygen atoms in total. The highest BCUT2D eigenvalue weighted by Gasteiger charge is 2.15. The number of nitriles is 1. The Morgan fingerprint density at radius 2 is 1.86 bits per heavy atom. The maximum Gasteiger partial charge on any atom is 0.266 e. The van der Waals surface area contributed by atoms with Crippen LogP contribution in [0.5, 0.6) is 0 Å². The van der Waals surface area contributed by atoms with Gasteiger partial charge in [-0.1, -0.05) is 23.7 Å². The molecule has 0 fully saturated rings. The highest BCUT2D eigenvalue weighted by molar-refractivity contribution is 6.30. The van der Waals surface area contributed by atoms with Crippen molar-refractivity contribution in [3.8, 4) is 11.8 Å². The van der Waals surface area contributed by atoms with E-state index >= 15 is 0 Å². The van der Waals surface area contributed by atoms with Crippen molar-refractivity contribution in [2.24, 2.45) is 0 Å². The Labute approximate surface area is 167 Å². The molecular formula is C22H17ClFN3O. The van der Waals surface area contributed by atoms with Crippen molar-refractivity contribution in [2.75, 3.05) is 5.32 Å². The van der Waals surface area contributed by atoms with E-state index in [9.17, 15) is 14.4 Å². The van der Waals surface area contributed by atoms with Crippen molar-refractivity contribution in [3.63, 3.8) is 0 Å². The largest absolute Gasteiger partial charge is 0.321 e. The van der Waals surface area contributed by atoms with Gasteiger partial charge in [-0.25, -0.2) is 4.39 Å². The Kier molecular flexibility index (Phi) is 5.62. The number of carbonyl (C=O) groups excluding carboxylic acids is 1. The summed E-state index contributed by atoms with van der Waals surface area (Å²) in [5.74, 6) is -0.874. The number of nitrogens with zero attached hydrogens (tertiary/aromatic N) is 2. The van der Waals surface area contributed by atoms with Gasteiger partial charge in [0, 0.05) is 22.1 Å². The lowest BCUT2D eigenvalue weighted by Crippen LogP contribution is -2.13. The van der Waals surface area contributed by atoms with Crippen molar-refractivity contribution in [3.05, 3.63) is 88.0 Å². The highest BCUT2D eigenvalue weighted by atomic mass is 35.5. The minimum atomic E-state index is -0.527. The molecular weight excluding hydrogens is 377 g/mol. The van der Waals surface area contributed by atoms with E-state index in [0.717, 1.165) is 11.4 Å². The van der Waals surface area contributed by atoms with Crippen LogP contribution in [0.3, 0.4) is 0 Å². The first-order valence-electron chi connectivity index (χ1n) is 8.53. The Bertz CT molecular complexity index is 1110. The van der Waals surface area contributed by atoms with Crippen LogP contribution in [0, 0.1) is 31.0 Å². The predicted molar refractivity (Wildman–Crippen MR) is 109 cm³/mol. The van der Waals surface area contributed by atoms with Crippen molar-refractivity contribution >= 4 is 29.3 Å². The van der Waals surface area contributed by atoms with Gasteiger partial charge in [0.1, 0.15) is 17.5 Å². The molecule has 1 N–H and O–H groups in total. The minimum Gasteiger partial charge on any atom is -0.321 e. The van der Waals surface area contributed by atoms with Crippen molar-refractivity contribution < 1.29 is 9.18 Å². The van der Waals surface area contributed by atoms with Crippen LogP contribution in [0.2, 0.25) is 5.02 Å². The van der Waals surface area contributed by atoms with E-state index in [2.05, 4.69) is 5.32 Å². The molecule has 0 saturated heterocycles. The smallest absolute Gasteiger partial charge is 0.266 e. The summed E-state index contributed by atoms with van der Waals surface area (Å²) in [6, 6.07) is 16.8. The van der Waals surface area contributed by atoms with E-state index in [1.807, 2.05) is 26.0 Å². The van der Waals surface area contributed by atoms with Crippen LogP contribution in [0.4, 0.5) is 10.1 Å². The fourth-order valence-corrected chi connectivity index (χ4v) is 3.10. The van der Waals surface area contributed by atoms with Crippen LogP contribution in [-0.4, -0.2) is 10.5 Å². The Morgan fingerprint density at radius 1 is 1.18 bits per heavy atom. The van der Waals surface area contributed by atoms with E-state index in [1.165, 1.54) is 12.1 Å². The number of hydrogen-bond acceptors (Lipinski definition) is 2. The molecule has 140 valence electrons. The molecule has 0 unspecified atom stereocenters. The molecule has 3 rings (SSSR count). The SMILES string of the molecule is Cc1cc(/C=C(/C#N)C(=O)Nc2ccc(Cl)cc2)c(C)n1-c1ccccc1F. The number of halogens is 2. The number of aromatic nitrogens is 1. The molecule has 0 radical (unpaired) electrons. The van der Waals surface area contributed by atoms with Crippen LogP contribution in [0.1, 0.15) is 17.0 Å². The van der Waals surface area contributed by atoms with E-state index in [-0.39, 0.29) is 11.4 Å². The third kappa shape index (κ3) is 3.98. The highest BCUT2D eigenvalue weighted by Crippen LogP contribution is 2.24. The number of nitrogens with one attached hydrogen (secondary N) is 1. The molecule has 6 heteroatoms. The summed E-state index contributed by atoms with van der Waals surface area (Å²) in [5, 5.41) is 12.7. The van der Waals surface area contributed by atoms with Crippen molar-refractivity contribution in [2.45, 2.75) is 13.8 Å². The average molecular weight is 394 g/mol. The number of anilines is 1. The van der Waals surface area contributed by atoms with Gasteiger partial charge in [-0.3, -0.25) is 4.79 Å². The number of benzene rings is 2. The molecule has 0 atom stereocenters. The van der Waals surface area contributed by atoms with Gasteiger partial charge in [-0.2, -0.15) is 5.26 Å².